The molecule has 5 rings (SSSR count). The Bertz CT molecular complexity index is 1140. The van der Waals surface area contributed by atoms with Crippen LogP contribution in [0, 0.1) is 22.6 Å². The van der Waals surface area contributed by atoms with Crippen molar-refractivity contribution >= 4 is 11.7 Å². The molecule has 2 aromatic carbocycles. The lowest BCUT2D eigenvalue weighted by Gasteiger charge is -2.18. The van der Waals surface area contributed by atoms with Crippen molar-refractivity contribution in [3.63, 3.8) is 0 Å². The second kappa shape index (κ2) is 8.69. The summed E-state index contributed by atoms with van der Waals surface area (Å²) in [6.45, 7) is 1.65. The molecule has 2 fully saturated rings. The number of benzene rings is 2. The minimum Gasteiger partial charge on any atom is -0.367 e. The molecule has 2 aliphatic carbocycles. The van der Waals surface area contributed by atoms with E-state index in [0.29, 0.717) is 18.7 Å². The summed E-state index contributed by atoms with van der Waals surface area (Å²) in [5, 5.41) is 15.3. The standard InChI is InChI=1S/C26H26FN3O3/c27-22-12-17(16-4-5-21-19(10-16)13-26(6-7-26)24(21)31)2-3-18(22)11-20(14-28)30-25(32)23-15-29-8-1-9-33-23/h2-5,10,12,20,23,29H,1,6-9,11,13,15H2,(H,30,32)/t20-,23-/m0/s1. The largest absolute Gasteiger partial charge is 0.367 e. The van der Waals surface area contributed by atoms with Crippen molar-refractivity contribution in [3.05, 3.63) is 58.9 Å². The van der Waals surface area contributed by atoms with Crippen LogP contribution in [0.5, 0.6) is 0 Å². The van der Waals surface area contributed by atoms with Crippen LogP contribution in [0.4, 0.5) is 4.39 Å². The van der Waals surface area contributed by atoms with Gasteiger partial charge in [0.05, 0.1) is 6.07 Å². The Morgan fingerprint density at radius 1 is 1.27 bits per heavy atom. The zero-order valence-corrected chi connectivity index (χ0v) is 18.3. The van der Waals surface area contributed by atoms with Gasteiger partial charge in [-0.05, 0) is 60.5 Å². The van der Waals surface area contributed by atoms with E-state index in [1.54, 1.807) is 6.07 Å². The molecule has 1 saturated carbocycles. The molecule has 33 heavy (non-hydrogen) atoms. The van der Waals surface area contributed by atoms with Crippen molar-refractivity contribution in [1.29, 1.82) is 5.26 Å². The van der Waals surface area contributed by atoms with E-state index in [1.165, 1.54) is 6.07 Å². The van der Waals surface area contributed by atoms with E-state index in [9.17, 15) is 19.2 Å². The number of nitrogens with zero attached hydrogens (tertiary/aromatic N) is 1. The number of nitrogens with one attached hydrogen (secondary N) is 2. The summed E-state index contributed by atoms with van der Waals surface area (Å²) >= 11 is 0. The van der Waals surface area contributed by atoms with Gasteiger partial charge in [0.1, 0.15) is 18.0 Å². The summed E-state index contributed by atoms with van der Waals surface area (Å²) in [7, 11) is 0. The normalized spacial score (nSPS) is 21.7. The summed E-state index contributed by atoms with van der Waals surface area (Å²) < 4.78 is 20.5. The molecule has 2 atom stereocenters. The van der Waals surface area contributed by atoms with E-state index < -0.39 is 18.0 Å². The van der Waals surface area contributed by atoms with Crippen molar-refractivity contribution in [1.82, 2.24) is 10.6 Å². The van der Waals surface area contributed by atoms with Crippen LogP contribution in [0.2, 0.25) is 0 Å². The van der Waals surface area contributed by atoms with Gasteiger partial charge in [-0.2, -0.15) is 5.26 Å². The first-order chi connectivity index (χ1) is 16.0. The highest BCUT2D eigenvalue weighted by atomic mass is 19.1. The van der Waals surface area contributed by atoms with Gasteiger partial charge in [0.2, 0.25) is 0 Å². The van der Waals surface area contributed by atoms with Gasteiger partial charge in [0.15, 0.2) is 5.78 Å². The number of rotatable bonds is 5. The highest BCUT2D eigenvalue weighted by molar-refractivity contribution is 6.07. The van der Waals surface area contributed by atoms with Gasteiger partial charge in [-0.3, -0.25) is 9.59 Å². The van der Waals surface area contributed by atoms with E-state index in [1.807, 2.05) is 30.3 Å². The summed E-state index contributed by atoms with van der Waals surface area (Å²) in [6, 6.07) is 11.8. The third-order valence-corrected chi connectivity index (χ3v) is 6.94. The smallest absolute Gasteiger partial charge is 0.251 e. The third kappa shape index (κ3) is 4.29. The fraction of sp³-hybridized carbons (Fsp3) is 0.423. The van der Waals surface area contributed by atoms with Crippen LogP contribution in [0.3, 0.4) is 0 Å². The number of hydrogen-bond donors (Lipinski definition) is 2. The first-order valence-electron chi connectivity index (χ1n) is 11.5. The molecule has 7 heteroatoms. The lowest BCUT2D eigenvalue weighted by atomic mass is 9.97. The van der Waals surface area contributed by atoms with Gasteiger partial charge in [0, 0.05) is 30.6 Å². The highest BCUT2D eigenvalue weighted by Crippen LogP contribution is 2.55. The second-order valence-electron chi connectivity index (χ2n) is 9.28. The molecule has 1 amide bonds. The highest BCUT2D eigenvalue weighted by Gasteiger charge is 2.54. The maximum absolute atomic E-state index is 14.9. The van der Waals surface area contributed by atoms with Crippen LogP contribution in [-0.4, -0.2) is 43.5 Å². The molecule has 1 heterocycles. The molecule has 1 aliphatic heterocycles. The molecule has 1 saturated heterocycles. The predicted molar refractivity (Wildman–Crippen MR) is 120 cm³/mol. The molecule has 170 valence electrons. The number of hydrogen-bond acceptors (Lipinski definition) is 5. The Kier molecular flexibility index (Phi) is 5.73. The number of halogens is 1. The van der Waals surface area contributed by atoms with Gasteiger partial charge in [0.25, 0.3) is 5.91 Å². The van der Waals surface area contributed by atoms with Crippen LogP contribution in [0.15, 0.2) is 36.4 Å². The van der Waals surface area contributed by atoms with Gasteiger partial charge in [-0.1, -0.05) is 30.3 Å². The quantitative estimate of drug-likeness (QED) is 0.736. The van der Waals surface area contributed by atoms with E-state index >= 15 is 0 Å². The monoisotopic (exact) mass is 447 g/mol. The number of fused-ring (bicyclic) bond motifs is 1. The fourth-order valence-electron chi connectivity index (χ4n) is 4.82. The van der Waals surface area contributed by atoms with Gasteiger partial charge >= 0.3 is 0 Å². The SMILES string of the molecule is N#C[C@H](Cc1ccc(-c2ccc3c(c2)CC2(CC2)C3=O)cc1F)NC(=O)[C@@H]1CNCCCO1. The van der Waals surface area contributed by atoms with E-state index in [0.717, 1.165) is 54.5 Å². The minimum absolute atomic E-state index is 0.0652. The molecule has 0 aromatic heterocycles. The maximum atomic E-state index is 14.9. The zero-order valence-electron chi connectivity index (χ0n) is 18.3. The number of ether oxygens (including phenoxy) is 1. The predicted octanol–water partition coefficient (Wildman–Crippen LogP) is 2.94. The molecule has 0 radical (unpaired) electrons. The summed E-state index contributed by atoms with van der Waals surface area (Å²) in [6.07, 6.45) is 2.93. The molecule has 0 unspecified atom stereocenters. The molecular weight excluding hydrogens is 421 g/mol. The van der Waals surface area contributed by atoms with Crippen LogP contribution in [0.25, 0.3) is 11.1 Å². The summed E-state index contributed by atoms with van der Waals surface area (Å²) in [4.78, 5) is 25.0. The maximum Gasteiger partial charge on any atom is 0.251 e. The lowest BCUT2D eigenvalue weighted by molar-refractivity contribution is -0.132. The van der Waals surface area contributed by atoms with Crippen molar-refractivity contribution in [3.8, 4) is 17.2 Å². The number of nitriles is 1. The minimum atomic E-state index is -0.856. The molecule has 1 spiro atoms. The molecule has 3 aliphatic rings. The van der Waals surface area contributed by atoms with Gasteiger partial charge < -0.3 is 15.4 Å². The first kappa shape index (κ1) is 21.7. The average Bonchev–Trinajstić information content (AvgIpc) is 3.59. The molecule has 2 N–H and O–H groups in total. The first-order valence-corrected chi connectivity index (χ1v) is 11.5. The van der Waals surface area contributed by atoms with Crippen molar-refractivity contribution < 1.29 is 18.7 Å². The Morgan fingerprint density at radius 2 is 2.06 bits per heavy atom. The Hall–Kier alpha value is -3.08. The van der Waals surface area contributed by atoms with Crippen molar-refractivity contribution in [2.75, 3.05) is 19.7 Å². The van der Waals surface area contributed by atoms with Crippen molar-refractivity contribution in [2.45, 2.75) is 44.2 Å². The number of amides is 1. The number of Topliss-reactive ketones (excluding diaryl/α,β-unsaturated/α-hetero) is 1. The van der Waals surface area contributed by atoms with Gasteiger partial charge in [-0.15, -0.1) is 0 Å². The third-order valence-electron chi connectivity index (χ3n) is 6.94. The van der Waals surface area contributed by atoms with Crippen molar-refractivity contribution in [2.24, 2.45) is 5.41 Å². The number of carbonyl (C=O) groups excluding carboxylic acids is 2. The average molecular weight is 448 g/mol. The van der Waals surface area contributed by atoms with Crippen LogP contribution >= 0.6 is 0 Å². The molecule has 0 bridgehead atoms. The van der Waals surface area contributed by atoms with Crippen LogP contribution in [-0.2, 0) is 22.4 Å². The lowest BCUT2D eigenvalue weighted by Crippen LogP contribution is -2.46. The van der Waals surface area contributed by atoms with E-state index in [2.05, 4.69) is 10.6 Å². The van der Waals surface area contributed by atoms with E-state index in [4.69, 9.17) is 4.74 Å². The number of carbonyl (C=O) groups is 2. The van der Waals surface area contributed by atoms with Crippen LogP contribution in [0.1, 0.15) is 40.7 Å². The van der Waals surface area contributed by atoms with Crippen LogP contribution < -0.4 is 10.6 Å². The topological polar surface area (TPSA) is 91.2 Å². The zero-order chi connectivity index (χ0) is 23.0. The molecule has 2 aromatic rings. The Morgan fingerprint density at radius 3 is 2.82 bits per heavy atom. The fourth-order valence-corrected chi connectivity index (χ4v) is 4.82. The number of ketones is 1. The summed E-state index contributed by atoms with van der Waals surface area (Å²) in [5.41, 5.74) is 3.63. The molecule has 6 nitrogen and oxygen atoms in total. The Labute approximate surface area is 192 Å². The summed E-state index contributed by atoms with van der Waals surface area (Å²) in [5.74, 6) is -0.543. The Balaban J connectivity index is 1.27. The van der Waals surface area contributed by atoms with E-state index in [-0.39, 0.29) is 23.5 Å². The second-order valence-corrected chi connectivity index (χ2v) is 9.28. The molecular formula is C26H26FN3O3. The van der Waals surface area contributed by atoms with Gasteiger partial charge in [-0.25, -0.2) is 4.39 Å².